The summed E-state index contributed by atoms with van der Waals surface area (Å²) in [4.78, 5) is 23.1. The Labute approximate surface area is 113 Å². The smallest absolute Gasteiger partial charge is 0.265 e. The Bertz CT molecular complexity index is 416. The molecule has 0 radical (unpaired) electrons. The van der Waals surface area contributed by atoms with Crippen LogP contribution in [-0.2, 0) is 14.2 Å². The van der Waals surface area contributed by atoms with Crippen molar-refractivity contribution < 1.29 is 19.4 Å². The maximum Gasteiger partial charge on any atom is 0.265 e. The summed E-state index contributed by atoms with van der Waals surface area (Å²) in [7, 11) is -2.44. The molecule has 0 saturated carbocycles. The highest BCUT2D eigenvalue weighted by Crippen LogP contribution is 2.34. The minimum Gasteiger partial charge on any atom is -0.347 e. The summed E-state index contributed by atoms with van der Waals surface area (Å²) in [6.07, 6.45) is 6.22. The lowest BCUT2D eigenvalue weighted by Gasteiger charge is -2.25. The van der Waals surface area contributed by atoms with Crippen LogP contribution in [0, 0.1) is 0 Å². The van der Waals surface area contributed by atoms with Gasteiger partial charge < -0.3 is 9.88 Å². The van der Waals surface area contributed by atoms with E-state index in [2.05, 4.69) is 5.32 Å². The molecule has 1 unspecified atom stereocenters. The SMILES string of the molecule is CP(C)(=O)CC(=O)NCC(=O)N(O)C1C=CCCC1. The highest BCUT2D eigenvalue weighted by Gasteiger charge is 2.22. The number of nitrogens with one attached hydrogen (secondary N) is 1. The van der Waals surface area contributed by atoms with E-state index in [1.165, 1.54) is 13.3 Å². The van der Waals surface area contributed by atoms with Gasteiger partial charge in [0.1, 0.15) is 0 Å². The third-order valence-corrected chi connectivity index (χ3v) is 3.81. The second-order valence-corrected chi connectivity index (χ2v) is 8.64. The fourth-order valence-corrected chi connectivity index (χ4v) is 2.64. The first-order valence-corrected chi connectivity index (χ1v) is 9.06. The Morgan fingerprint density at radius 2 is 2.16 bits per heavy atom. The molecule has 0 saturated heterocycles. The molecule has 2 N–H and O–H groups in total. The molecule has 0 aromatic carbocycles. The number of nitrogens with zero attached hydrogens (tertiary/aromatic N) is 1. The molecule has 1 aliphatic carbocycles. The molecule has 0 fully saturated rings. The first-order valence-electron chi connectivity index (χ1n) is 6.28. The summed E-state index contributed by atoms with van der Waals surface area (Å²) >= 11 is 0. The van der Waals surface area contributed by atoms with Crippen LogP contribution in [0.1, 0.15) is 19.3 Å². The van der Waals surface area contributed by atoms with Gasteiger partial charge in [-0.3, -0.25) is 14.8 Å². The zero-order valence-electron chi connectivity index (χ0n) is 11.3. The summed E-state index contributed by atoms with van der Waals surface area (Å²) < 4.78 is 11.4. The van der Waals surface area contributed by atoms with Crippen LogP contribution in [-0.4, -0.2) is 54.2 Å². The van der Waals surface area contributed by atoms with Crippen LogP contribution in [0.5, 0.6) is 0 Å². The van der Waals surface area contributed by atoms with E-state index in [0.29, 0.717) is 11.5 Å². The second-order valence-electron chi connectivity index (χ2n) is 5.17. The molecule has 0 aromatic heterocycles. The molecule has 0 aromatic rings. The van der Waals surface area contributed by atoms with Gasteiger partial charge in [-0.1, -0.05) is 12.2 Å². The normalized spacial score (nSPS) is 19.0. The number of hydrogen-bond acceptors (Lipinski definition) is 4. The van der Waals surface area contributed by atoms with E-state index in [0.717, 1.165) is 12.8 Å². The Kier molecular flexibility index (Phi) is 5.76. The van der Waals surface area contributed by atoms with Crippen molar-refractivity contribution in [2.45, 2.75) is 25.3 Å². The molecular weight excluding hydrogens is 267 g/mol. The number of amides is 2. The quantitative estimate of drug-likeness (QED) is 0.343. The molecule has 2 amide bonds. The first kappa shape index (κ1) is 15.9. The van der Waals surface area contributed by atoms with Crippen molar-refractivity contribution >= 4 is 19.0 Å². The van der Waals surface area contributed by atoms with Gasteiger partial charge in [0.2, 0.25) is 5.91 Å². The van der Waals surface area contributed by atoms with Crippen molar-refractivity contribution in [1.29, 1.82) is 0 Å². The van der Waals surface area contributed by atoms with Crippen molar-refractivity contribution in [3.63, 3.8) is 0 Å². The first-order chi connectivity index (χ1) is 8.79. The number of carbonyl (C=O) groups excluding carboxylic acids is 2. The van der Waals surface area contributed by atoms with E-state index in [1.54, 1.807) is 6.08 Å². The van der Waals surface area contributed by atoms with Gasteiger partial charge in [-0.2, -0.15) is 0 Å². The molecule has 108 valence electrons. The largest absolute Gasteiger partial charge is 0.347 e. The highest BCUT2D eigenvalue weighted by atomic mass is 31.2. The summed E-state index contributed by atoms with van der Waals surface area (Å²) in [5.41, 5.74) is 0. The lowest BCUT2D eigenvalue weighted by Crippen LogP contribution is -2.43. The number of hydroxylamine groups is 2. The Balaban J connectivity index is 2.38. The number of hydrogen-bond donors (Lipinski definition) is 2. The molecule has 1 atom stereocenters. The summed E-state index contributed by atoms with van der Waals surface area (Å²) in [6, 6.07) is -0.318. The van der Waals surface area contributed by atoms with Gasteiger partial charge in [0.25, 0.3) is 5.91 Å². The van der Waals surface area contributed by atoms with Gasteiger partial charge in [0, 0.05) is 0 Å². The zero-order chi connectivity index (χ0) is 14.5. The van der Waals surface area contributed by atoms with Crippen LogP contribution in [0.25, 0.3) is 0 Å². The molecule has 1 rings (SSSR count). The Hall–Kier alpha value is -1.13. The minimum atomic E-state index is -2.44. The lowest BCUT2D eigenvalue weighted by atomic mass is 10.0. The van der Waals surface area contributed by atoms with Crippen LogP contribution in [0.4, 0.5) is 0 Å². The van der Waals surface area contributed by atoms with Crippen LogP contribution in [0.15, 0.2) is 12.2 Å². The van der Waals surface area contributed by atoms with E-state index in [-0.39, 0.29) is 18.7 Å². The van der Waals surface area contributed by atoms with E-state index >= 15 is 0 Å². The van der Waals surface area contributed by atoms with Crippen LogP contribution < -0.4 is 5.32 Å². The second kappa shape index (κ2) is 6.87. The van der Waals surface area contributed by atoms with Gasteiger partial charge in [-0.25, -0.2) is 5.06 Å². The number of allylic oxidation sites excluding steroid dienone is 1. The highest BCUT2D eigenvalue weighted by molar-refractivity contribution is 7.63. The average Bonchev–Trinajstić information content (AvgIpc) is 2.34. The predicted octanol–water partition coefficient (Wildman–Crippen LogP) is 1.05. The van der Waals surface area contributed by atoms with Crippen LogP contribution in [0.2, 0.25) is 0 Å². The standard InChI is InChI=1S/C12H21N2O4P/c1-19(2,18)9-11(15)13-8-12(16)14(17)10-6-4-3-5-7-10/h4,6,10,17H,3,5,7-9H2,1-2H3,(H,13,15). The Morgan fingerprint density at radius 3 is 2.68 bits per heavy atom. The molecular formula is C12H21N2O4P. The maximum atomic E-state index is 11.7. The summed E-state index contributed by atoms with van der Waals surface area (Å²) in [6.45, 7) is 2.75. The molecule has 0 aliphatic heterocycles. The lowest BCUT2D eigenvalue weighted by molar-refractivity contribution is -0.171. The van der Waals surface area contributed by atoms with Crippen molar-refractivity contribution in [2.24, 2.45) is 0 Å². The maximum absolute atomic E-state index is 11.7. The molecule has 19 heavy (non-hydrogen) atoms. The van der Waals surface area contributed by atoms with Crippen molar-refractivity contribution in [1.82, 2.24) is 10.4 Å². The van der Waals surface area contributed by atoms with Crippen molar-refractivity contribution in [3.8, 4) is 0 Å². The van der Waals surface area contributed by atoms with E-state index in [9.17, 15) is 19.4 Å². The van der Waals surface area contributed by atoms with Gasteiger partial charge in [-0.05, 0) is 32.6 Å². The third-order valence-electron chi connectivity index (χ3n) is 2.76. The van der Waals surface area contributed by atoms with E-state index in [1.807, 2.05) is 6.08 Å². The van der Waals surface area contributed by atoms with Crippen LogP contribution >= 0.6 is 7.14 Å². The molecule has 0 heterocycles. The van der Waals surface area contributed by atoms with Gasteiger partial charge >= 0.3 is 0 Å². The summed E-state index contributed by atoms with van der Waals surface area (Å²) in [5.74, 6) is -0.999. The summed E-state index contributed by atoms with van der Waals surface area (Å²) in [5, 5.41) is 12.7. The molecule has 0 bridgehead atoms. The van der Waals surface area contributed by atoms with E-state index < -0.39 is 19.0 Å². The third kappa shape index (κ3) is 6.03. The fourth-order valence-electron chi connectivity index (χ4n) is 1.84. The number of carbonyl (C=O) groups is 2. The van der Waals surface area contributed by atoms with Crippen molar-refractivity contribution in [3.05, 3.63) is 12.2 Å². The fraction of sp³-hybridized carbons (Fsp3) is 0.667. The molecule has 6 nitrogen and oxygen atoms in total. The van der Waals surface area contributed by atoms with E-state index in [4.69, 9.17) is 0 Å². The Morgan fingerprint density at radius 1 is 1.47 bits per heavy atom. The topological polar surface area (TPSA) is 86.7 Å². The monoisotopic (exact) mass is 288 g/mol. The van der Waals surface area contributed by atoms with Gasteiger partial charge in [-0.15, -0.1) is 0 Å². The molecule has 0 spiro atoms. The number of rotatable bonds is 5. The molecule has 1 aliphatic rings. The van der Waals surface area contributed by atoms with Gasteiger partial charge in [0.15, 0.2) is 0 Å². The minimum absolute atomic E-state index is 0.0883. The average molecular weight is 288 g/mol. The van der Waals surface area contributed by atoms with Crippen molar-refractivity contribution in [2.75, 3.05) is 26.0 Å². The zero-order valence-corrected chi connectivity index (χ0v) is 12.2. The van der Waals surface area contributed by atoms with Gasteiger partial charge in [0.05, 0.1) is 25.9 Å². The van der Waals surface area contributed by atoms with Crippen LogP contribution in [0.3, 0.4) is 0 Å². The molecule has 7 heteroatoms. The predicted molar refractivity (Wildman–Crippen MR) is 72.7 cm³/mol.